The maximum atomic E-state index is 12.6. The molecule has 112 valence electrons. The first-order chi connectivity index (χ1) is 10.5. The van der Waals surface area contributed by atoms with Gasteiger partial charge in [0.05, 0.1) is 0 Å². The Labute approximate surface area is 126 Å². The Kier molecular flexibility index (Phi) is 3.29. The Hall–Kier alpha value is -2.89. The van der Waals surface area contributed by atoms with E-state index in [9.17, 15) is 9.59 Å². The van der Waals surface area contributed by atoms with Crippen LogP contribution in [0.5, 0.6) is 0 Å². The number of aromatic carboxylic acids is 1. The molecule has 0 aliphatic carbocycles. The van der Waals surface area contributed by atoms with Crippen LogP contribution >= 0.6 is 0 Å². The Morgan fingerprint density at radius 1 is 1.36 bits per heavy atom. The van der Waals surface area contributed by atoms with Gasteiger partial charge < -0.3 is 5.11 Å². The number of hydrogen-bond donors (Lipinski definition) is 2. The highest BCUT2D eigenvalue weighted by atomic mass is 16.4. The van der Waals surface area contributed by atoms with Crippen molar-refractivity contribution >= 4 is 11.6 Å². The maximum Gasteiger partial charge on any atom is 0.341 e. The number of hydrogen-bond acceptors (Lipinski definition) is 3. The smallest absolute Gasteiger partial charge is 0.341 e. The summed E-state index contributed by atoms with van der Waals surface area (Å²) in [5, 5.41) is 11.8. The van der Waals surface area contributed by atoms with Gasteiger partial charge in [0.15, 0.2) is 5.65 Å². The summed E-state index contributed by atoms with van der Waals surface area (Å²) in [5.41, 5.74) is 3.11. The molecule has 2 N–H and O–H groups in total. The van der Waals surface area contributed by atoms with Crippen LogP contribution in [-0.2, 0) is 6.42 Å². The van der Waals surface area contributed by atoms with E-state index in [0.29, 0.717) is 17.7 Å². The molecule has 0 aliphatic rings. The number of aryl methyl sites for hydroxylation is 2. The Morgan fingerprint density at radius 3 is 2.82 bits per heavy atom. The van der Waals surface area contributed by atoms with Gasteiger partial charge in [0.1, 0.15) is 5.56 Å². The van der Waals surface area contributed by atoms with Crippen molar-refractivity contribution in [2.24, 2.45) is 0 Å². The Morgan fingerprint density at radius 2 is 2.14 bits per heavy atom. The van der Waals surface area contributed by atoms with Crippen molar-refractivity contribution in [2.45, 2.75) is 20.3 Å². The van der Waals surface area contributed by atoms with E-state index in [4.69, 9.17) is 5.11 Å². The number of nitrogens with zero attached hydrogens (tertiary/aromatic N) is 2. The predicted octanol–water partition coefficient (Wildman–Crippen LogP) is 1.93. The second-order valence-corrected chi connectivity index (χ2v) is 5.30. The van der Waals surface area contributed by atoms with Crippen molar-refractivity contribution in [3.05, 3.63) is 68.8 Å². The number of carboxylic acid groups (broad SMARTS) is 1. The molecule has 0 bridgehead atoms. The van der Waals surface area contributed by atoms with Crippen molar-refractivity contribution in [1.82, 2.24) is 14.6 Å². The standard InChI is InChI=1S/C16H15N3O3/c1-9-4-3-5-11(6-9)7-12-10(2)18-14-13(16(21)22)8-17-19(14)15(12)20/h3-6,8,17H,7H2,1-2H3,(H,21,22). The van der Waals surface area contributed by atoms with Crippen molar-refractivity contribution in [1.29, 1.82) is 0 Å². The van der Waals surface area contributed by atoms with Crippen molar-refractivity contribution in [3.63, 3.8) is 0 Å². The summed E-state index contributed by atoms with van der Waals surface area (Å²) in [4.78, 5) is 28.0. The zero-order valence-electron chi connectivity index (χ0n) is 12.3. The van der Waals surface area contributed by atoms with Gasteiger partial charge in [-0.2, -0.15) is 0 Å². The molecule has 0 spiro atoms. The number of fused-ring (bicyclic) bond motifs is 1. The molecular weight excluding hydrogens is 282 g/mol. The first-order valence-electron chi connectivity index (χ1n) is 6.86. The highest BCUT2D eigenvalue weighted by Gasteiger charge is 2.17. The molecule has 0 saturated carbocycles. The summed E-state index contributed by atoms with van der Waals surface area (Å²) >= 11 is 0. The average Bonchev–Trinajstić information content (AvgIpc) is 2.87. The minimum atomic E-state index is -1.11. The lowest BCUT2D eigenvalue weighted by molar-refractivity contribution is 0.0698. The predicted molar refractivity (Wildman–Crippen MR) is 81.5 cm³/mol. The van der Waals surface area contributed by atoms with E-state index in [1.54, 1.807) is 6.92 Å². The number of carbonyl (C=O) groups is 1. The molecule has 3 aromatic rings. The Balaban J connectivity index is 2.15. The summed E-state index contributed by atoms with van der Waals surface area (Å²) in [5.74, 6) is -1.11. The largest absolute Gasteiger partial charge is 0.477 e. The number of carboxylic acids is 1. The van der Waals surface area contributed by atoms with Crippen LogP contribution in [0.2, 0.25) is 0 Å². The average molecular weight is 297 g/mol. The van der Waals surface area contributed by atoms with Gasteiger partial charge >= 0.3 is 5.97 Å². The molecule has 3 rings (SSSR count). The Bertz CT molecular complexity index is 937. The third-order valence-corrected chi connectivity index (χ3v) is 3.66. The molecule has 0 saturated heterocycles. The van der Waals surface area contributed by atoms with E-state index in [1.807, 2.05) is 31.2 Å². The molecule has 6 nitrogen and oxygen atoms in total. The maximum absolute atomic E-state index is 12.6. The number of aromatic nitrogens is 3. The van der Waals surface area contributed by atoms with Gasteiger partial charge in [-0.05, 0) is 19.4 Å². The van der Waals surface area contributed by atoms with Crippen LogP contribution in [0.4, 0.5) is 0 Å². The van der Waals surface area contributed by atoms with E-state index in [1.165, 1.54) is 10.7 Å². The lowest BCUT2D eigenvalue weighted by Gasteiger charge is -2.06. The summed E-state index contributed by atoms with van der Waals surface area (Å²) in [6.45, 7) is 3.72. The fourth-order valence-corrected chi connectivity index (χ4v) is 2.54. The topological polar surface area (TPSA) is 87.5 Å². The van der Waals surface area contributed by atoms with Crippen LogP contribution in [0.1, 0.15) is 32.7 Å². The lowest BCUT2D eigenvalue weighted by atomic mass is 10.0. The summed E-state index contributed by atoms with van der Waals surface area (Å²) < 4.78 is 1.18. The molecule has 0 radical (unpaired) electrons. The first kappa shape index (κ1) is 14.1. The monoisotopic (exact) mass is 297 g/mol. The van der Waals surface area contributed by atoms with Gasteiger partial charge in [-0.15, -0.1) is 0 Å². The van der Waals surface area contributed by atoms with Crippen LogP contribution in [0.3, 0.4) is 0 Å². The van der Waals surface area contributed by atoms with Gasteiger partial charge in [-0.3, -0.25) is 9.89 Å². The number of benzene rings is 1. The van der Waals surface area contributed by atoms with Crippen molar-refractivity contribution in [2.75, 3.05) is 0 Å². The van der Waals surface area contributed by atoms with Gasteiger partial charge in [0.25, 0.3) is 5.56 Å². The highest BCUT2D eigenvalue weighted by Crippen LogP contribution is 2.13. The zero-order chi connectivity index (χ0) is 15.9. The normalized spacial score (nSPS) is 11.0. The van der Waals surface area contributed by atoms with E-state index in [-0.39, 0.29) is 16.8 Å². The lowest BCUT2D eigenvalue weighted by Crippen LogP contribution is -2.22. The molecule has 6 heteroatoms. The molecule has 2 heterocycles. The first-order valence-corrected chi connectivity index (χ1v) is 6.86. The number of H-pyrrole nitrogens is 1. The van der Waals surface area contributed by atoms with E-state index in [0.717, 1.165) is 11.1 Å². The third-order valence-electron chi connectivity index (χ3n) is 3.66. The van der Waals surface area contributed by atoms with Gasteiger partial charge in [-0.1, -0.05) is 29.8 Å². The van der Waals surface area contributed by atoms with Crippen LogP contribution < -0.4 is 5.56 Å². The molecule has 0 fully saturated rings. The quantitative estimate of drug-likeness (QED) is 0.773. The van der Waals surface area contributed by atoms with Crippen molar-refractivity contribution in [3.8, 4) is 0 Å². The molecule has 22 heavy (non-hydrogen) atoms. The summed E-state index contributed by atoms with van der Waals surface area (Å²) in [7, 11) is 0. The fraction of sp³-hybridized carbons (Fsp3) is 0.188. The number of aromatic amines is 1. The van der Waals surface area contributed by atoms with Crippen LogP contribution in [-0.4, -0.2) is 25.7 Å². The SMILES string of the molecule is Cc1cccc(Cc2c(C)nc3c(C(=O)O)c[nH]n3c2=O)c1. The summed E-state index contributed by atoms with van der Waals surface area (Å²) in [6.07, 6.45) is 1.74. The molecule has 2 aromatic heterocycles. The molecular formula is C16H15N3O3. The number of nitrogens with one attached hydrogen (secondary N) is 1. The second kappa shape index (κ2) is 5.14. The third kappa shape index (κ3) is 2.28. The summed E-state index contributed by atoms with van der Waals surface area (Å²) in [6, 6.07) is 7.92. The molecule has 0 aliphatic heterocycles. The highest BCUT2D eigenvalue weighted by molar-refractivity contribution is 5.94. The van der Waals surface area contributed by atoms with Crippen molar-refractivity contribution < 1.29 is 9.90 Å². The molecule has 1 aromatic carbocycles. The molecule has 0 amide bonds. The van der Waals surface area contributed by atoms with Gasteiger partial charge in [0, 0.05) is 23.9 Å². The van der Waals surface area contributed by atoms with E-state index < -0.39 is 5.97 Å². The van der Waals surface area contributed by atoms with Crippen LogP contribution in [0.25, 0.3) is 5.65 Å². The molecule has 0 unspecified atom stereocenters. The fourth-order valence-electron chi connectivity index (χ4n) is 2.54. The van der Waals surface area contributed by atoms with Crippen LogP contribution in [0.15, 0.2) is 35.3 Å². The second-order valence-electron chi connectivity index (χ2n) is 5.30. The van der Waals surface area contributed by atoms with Gasteiger partial charge in [-0.25, -0.2) is 14.3 Å². The minimum Gasteiger partial charge on any atom is -0.477 e. The van der Waals surface area contributed by atoms with E-state index in [2.05, 4.69) is 10.1 Å². The minimum absolute atomic E-state index is 0.0118. The zero-order valence-corrected chi connectivity index (χ0v) is 12.3. The van der Waals surface area contributed by atoms with Crippen LogP contribution in [0, 0.1) is 13.8 Å². The molecule has 0 atom stereocenters. The van der Waals surface area contributed by atoms with Gasteiger partial charge in [0.2, 0.25) is 0 Å². The van der Waals surface area contributed by atoms with E-state index >= 15 is 0 Å². The number of rotatable bonds is 3.